The maximum Gasteiger partial charge on any atom is 0.340 e. The van der Waals surface area contributed by atoms with Gasteiger partial charge < -0.3 is 24.0 Å². The van der Waals surface area contributed by atoms with Crippen molar-refractivity contribution < 1.29 is 23.8 Å². The van der Waals surface area contributed by atoms with Crippen LogP contribution in [0.1, 0.15) is 40.5 Å². The number of hydrogen-bond acceptors (Lipinski definition) is 9. The minimum absolute atomic E-state index is 0.288. The molecule has 0 amide bonds. The summed E-state index contributed by atoms with van der Waals surface area (Å²) in [6.45, 7) is 11.4. The van der Waals surface area contributed by atoms with Crippen molar-refractivity contribution in [3.8, 4) is 0 Å². The van der Waals surface area contributed by atoms with Crippen molar-refractivity contribution in [2.45, 2.75) is 51.6 Å². The quantitative estimate of drug-likeness (QED) is 0.351. The number of rotatable bonds is 12. The van der Waals surface area contributed by atoms with Gasteiger partial charge in [0.1, 0.15) is 0 Å². The summed E-state index contributed by atoms with van der Waals surface area (Å²) in [6.07, 6.45) is 1.22. The molecule has 0 bridgehead atoms. The van der Waals surface area contributed by atoms with E-state index in [1.807, 2.05) is 14.1 Å². The first-order valence-electron chi connectivity index (χ1n) is 10.1. The molecule has 0 saturated carbocycles. The Morgan fingerprint density at radius 1 is 0.759 bits per heavy atom. The van der Waals surface area contributed by atoms with Gasteiger partial charge in [-0.3, -0.25) is 0 Å². The third-order valence-corrected chi connectivity index (χ3v) is 4.88. The van der Waals surface area contributed by atoms with Crippen molar-refractivity contribution >= 4 is 23.7 Å². The van der Waals surface area contributed by atoms with Crippen LogP contribution in [0.3, 0.4) is 0 Å². The van der Waals surface area contributed by atoms with Crippen LogP contribution in [-0.2, 0) is 23.8 Å². The van der Waals surface area contributed by atoms with Gasteiger partial charge in [-0.2, -0.15) is 0 Å². The standard InChI is InChI=1S/C20H34N4O5/c1-19(2)17(25)28-15(21-19)7-9-23(5)11-13-27-14-12-24(6)10-8-16-22-20(3,4)18(26)29-16/h7-14H2,1-6H3. The molecule has 2 aliphatic rings. The molecule has 29 heavy (non-hydrogen) atoms. The van der Waals surface area contributed by atoms with Crippen LogP contribution in [0, 0.1) is 0 Å². The fourth-order valence-corrected chi connectivity index (χ4v) is 2.78. The number of esters is 2. The third-order valence-electron chi connectivity index (χ3n) is 4.88. The molecule has 2 rings (SSSR count). The molecule has 0 aromatic heterocycles. The summed E-state index contributed by atoms with van der Waals surface area (Å²) in [5, 5.41) is 0. The van der Waals surface area contributed by atoms with E-state index < -0.39 is 11.1 Å². The number of nitrogens with zero attached hydrogens (tertiary/aromatic N) is 4. The van der Waals surface area contributed by atoms with Crippen LogP contribution in [0.5, 0.6) is 0 Å². The average molecular weight is 411 g/mol. The lowest BCUT2D eigenvalue weighted by atomic mass is 10.1. The largest absolute Gasteiger partial charge is 0.410 e. The summed E-state index contributed by atoms with van der Waals surface area (Å²) in [5.41, 5.74) is -1.52. The zero-order chi connectivity index (χ0) is 21.7. The molecule has 164 valence electrons. The first-order valence-corrected chi connectivity index (χ1v) is 10.1. The lowest BCUT2D eigenvalue weighted by Crippen LogP contribution is -2.29. The number of carbonyl (C=O) groups excluding carboxylic acids is 2. The summed E-state index contributed by atoms with van der Waals surface area (Å²) < 4.78 is 16.1. The highest BCUT2D eigenvalue weighted by Crippen LogP contribution is 2.20. The summed E-state index contributed by atoms with van der Waals surface area (Å²) in [4.78, 5) is 36.1. The van der Waals surface area contributed by atoms with Crippen LogP contribution in [0.15, 0.2) is 9.98 Å². The first-order chi connectivity index (χ1) is 13.5. The summed E-state index contributed by atoms with van der Waals surface area (Å²) in [7, 11) is 4.01. The normalized spacial score (nSPS) is 20.1. The highest BCUT2D eigenvalue weighted by molar-refractivity contribution is 6.00. The van der Waals surface area contributed by atoms with Gasteiger partial charge in [-0.1, -0.05) is 0 Å². The summed E-state index contributed by atoms with van der Waals surface area (Å²) in [5.74, 6) is 0.444. The molecule has 2 aliphatic heterocycles. The molecular formula is C20H34N4O5. The highest BCUT2D eigenvalue weighted by atomic mass is 16.6. The lowest BCUT2D eigenvalue weighted by Gasteiger charge is -2.18. The number of aliphatic imine (C=N–C) groups is 2. The molecule has 9 nitrogen and oxygen atoms in total. The smallest absolute Gasteiger partial charge is 0.340 e. The zero-order valence-electron chi connectivity index (χ0n) is 18.5. The molecule has 0 fully saturated rings. The SMILES string of the molecule is CN(CCOCCN(C)CCC1=NC(C)(C)C(=O)O1)CCC1=NC(C)(C)C(=O)O1. The molecule has 0 N–H and O–H groups in total. The molecular weight excluding hydrogens is 376 g/mol. The van der Waals surface area contributed by atoms with Crippen LogP contribution in [0.2, 0.25) is 0 Å². The average Bonchev–Trinajstić information content (AvgIpc) is 3.04. The third kappa shape index (κ3) is 7.17. The minimum atomic E-state index is -0.759. The van der Waals surface area contributed by atoms with Crippen molar-refractivity contribution in [2.75, 3.05) is 53.5 Å². The molecule has 0 aliphatic carbocycles. The van der Waals surface area contributed by atoms with E-state index in [9.17, 15) is 9.59 Å². The van der Waals surface area contributed by atoms with Crippen molar-refractivity contribution in [3.05, 3.63) is 0 Å². The molecule has 9 heteroatoms. The van der Waals surface area contributed by atoms with E-state index in [1.54, 1.807) is 27.7 Å². The fourth-order valence-electron chi connectivity index (χ4n) is 2.78. The van der Waals surface area contributed by atoms with Gasteiger partial charge in [-0.15, -0.1) is 0 Å². The number of carbonyl (C=O) groups is 2. The van der Waals surface area contributed by atoms with Crippen molar-refractivity contribution in [2.24, 2.45) is 9.98 Å². The second-order valence-corrected chi connectivity index (χ2v) is 8.63. The van der Waals surface area contributed by atoms with E-state index in [4.69, 9.17) is 14.2 Å². The maximum absolute atomic E-state index is 11.6. The fraction of sp³-hybridized carbons (Fsp3) is 0.800. The Labute approximate surface area is 173 Å². The van der Waals surface area contributed by atoms with E-state index in [1.165, 1.54) is 0 Å². The van der Waals surface area contributed by atoms with Crippen LogP contribution >= 0.6 is 0 Å². The maximum atomic E-state index is 11.6. The highest BCUT2D eigenvalue weighted by Gasteiger charge is 2.37. The monoisotopic (exact) mass is 410 g/mol. The summed E-state index contributed by atoms with van der Waals surface area (Å²) >= 11 is 0. The van der Waals surface area contributed by atoms with E-state index >= 15 is 0 Å². The van der Waals surface area contributed by atoms with E-state index in [0.717, 1.165) is 26.2 Å². The van der Waals surface area contributed by atoms with Gasteiger partial charge in [0.2, 0.25) is 0 Å². The Balaban J connectivity index is 1.51. The van der Waals surface area contributed by atoms with E-state index in [2.05, 4.69) is 19.8 Å². The predicted molar refractivity (Wildman–Crippen MR) is 110 cm³/mol. The molecule has 0 atom stereocenters. The molecule has 0 spiro atoms. The van der Waals surface area contributed by atoms with Crippen LogP contribution in [-0.4, -0.2) is 98.1 Å². The molecule has 0 aromatic carbocycles. The predicted octanol–water partition coefficient (Wildman–Crippen LogP) is 1.11. The van der Waals surface area contributed by atoms with Crippen molar-refractivity contribution in [1.29, 1.82) is 0 Å². The Morgan fingerprint density at radius 3 is 1.45 bits per heavy atom. The Morgan fingerprint density at radius 2 is 1.14 bits per heavy atom. The Hall–Kier alpha value is -1.84. The summed E-state index contributed by atoms with van der Waals surface area (Å²) in [6, 6.07) is 0. The van der Waals surface area contributed by atoms with Crippen LogP contribution in [0.4, 0.5) is 0 Å². The van der Waals surface area contributed by atoms with Crippen LogP contribution in [0.25, 0.3) is 0 Å². The molecule has 2 heterocycles. The topological polar surface area (TPSA) is 93.0 Å². The number of likely N-dealkylation sites (N-methyl/N-ethyl adjacent to an activating group) is 2. The molecule has 0 aromatic rings. The Kier molecular flexibility index (Phi) is 7.90. The van der Waals surface area contributed by atoms with Gasteiger partial charge in [-0.05, 0) is 41.8 Å². The Bertz CT molecular complexity index is 616. The van der Waals surface area contributed by atoms with E-state index in [-0.39, 0.29) is 11.9 Å². The van der Waals surface area contributed by atoms with Crippen molar-refractivity contribution in [1.82, 2.24) is 9.80 Å². The lowest BCUT2D eigenvalue weighted by molar-refractivity contribution is -0.138. The van der Waals surface area contributed by atoms with E-state index in [0.29, 0.717) is 37.9 Å². The number of hydrogen-bond donors (Lipinski definition) is 0. The van der Waals surface area contributed by atoms with Gasteiger partial charge in [0.15, 0.2) is 22.9 Å². The molecule has 0 unspecified atom stereocenters. The van der Waals surface area contributed by atoms with Gasteiger partial charge in [0.25, 0.3) is 0 Å². The van der Waals surface area contributed by atoms with Gasteiger partial charge >= 0.3 is 11.9 Å². The number of cyclic esters (lactones) is 2. The number of ether oxygens (including phenoxy) is 3. The van der Waals surface area contributed by atoms with Gasteiger partial charge in [-0.25, -0.2) is 19.6 Å². The van der Waals surface area contributed by atoms with Crippen molar-refractivity contribution in [3.63, 3.8) is 0 Å². The zero-order valence-corrected chi connectivity index (χ0v) is 18.5. The van der Waals surface area contributed by atoms with Gasteiger partial charge in [0, 0.05) is 39.0 Å². The molecule has 0 radical (unpaired) electrons. The second kappa shape index (κ2) is 9.77. The van der Waals surface area contributed by atoms with Gasteiger partial charge in [0.05, 0.1) is 13.2 Å². The second-order valence-electron chi connectivity index (χ2n) is 8.63. The molecule has 0 saturated heterocycles. The van der Waals surface area contributed by atoms with Crippen LogP contribution < -0.4 is 0 Å². The minimum Gasteiger partial charge on any atom is -0.410 e. The first kappa shape index (κ1) is 23.4.